The number of anilines is 2. The molecule has 1 aromatic heterocycles. The number of hydrogen-bond acceptors (Lipinski definition) is 5. The summed E-state index contributed by atoms with van der Waals surface area (Å²) in [4.78, 5) is 11.9. The molecule has 0 radical (unpaired) electrons. The summed E-state index contributed by atoms with van der Waals surface area (Å²) in [5, 5.41) is 12.4. The number of likely N-dealkylation sites (tertiary alicyclic amines) is 1. The number of fused-ring (bicyclic) bond motifs is 1. The smallest absolute Gasteiger partial charge is 0.227 e. The maximum Gasteiger partial charge on any atom is 0.227 e. The van der Waals surface area contributed by atoms with Crippen molar-refractivity contribution in [1.82, 2.24) is 14.9 Å². The SMILES string of the molecule is CCN1CC(c2ccnc(Nc3cccc(C#N)c3)n2)C2=CCC(C)C(C)C(C)C21. The monoisotopic (exact) mass is 401 g/mol. The molecular weight excluding hydrogens is 370 g/mol. The fraction of sp³-hybridized carbons (Fsp3) is 0.480. The van der Waals surface area contributed by atoms with Crippen LogP contribution in [0.15, 0.2) is 48.2 Å². The first-order chi connectivity index (χ1) is 14.5. The summed E-state index contributed by atoms with van der Waals surface area (Å²) in [6, 6.07) is 12.1. The topological polar surface area (TPSA) is 64.8 Å². The van der Waals surface area contributed by atoms with Crippen molar-refractivity contribution in [3.8, 4) is 6.07 Å². The summed E-state index contributed by atoms with van der Waals surface area (Å²) in [5.41, 5.74) is 4.06. The van der Waals surface area contributed by atoms with Gasteiger partial charge in [-0.15, -0.1) is 0 Å². The number of aromatic nitrogens is 2. The highest BCUT2D eigenvalue weighted by Gasteiger charge is 2.43. The molecule has 156 valence electrons. The Morgan fingerprint density at radius 3 is 2.80 bits per heavy atom. The highest BCUT2D eigenvalue weighted by molar-refractivity contribution is 5.56. The molecule has 1 aliphatic heterocycles. The Labute approximate surface area is 179 Å². The van der Waals surface area contributed by atoms with Crippen LogP contribution in [0.3, 0.4) is 0 Å². The molecule has 2 aliphatic rings. The van der Waals surface area contributed by atoms with Crippen LogP contribution in [0.25, 0.3) is 0 Å². The molecule has 30 heavy (non-hydrogen) atoms. The van der Waals surface area contributed by atoms with Gasteiger partial charge in [0, 0.05) is 30.4 Å². The van der Waals surface area contributed by atoms with Gasteiger partial charge in [0.05, 0.1) is 17.3 Å². The summed E-state index contributed by atoms with van der Waals surface area (Å²) in [5.74, 6) is 2.92. The van der Waals surface area contributed by atoms with Crippen molar-refractivity contribution in [2.75, 3.05) is 18.4 Å². The molecule has 5 heteroatoms. The van der Waals surface area contributed by atoms with E-state index in [1.165, 1.54) is 5.57 Å². The quantitative estimate of drug-likeness (QED) is 0.721. The minimum Gasteiger partial charge on any atom is -0.324 e. The summed E-state index contributed by atoms with van der Waals surface area (Å²) in [7, 11) is 0. The van der Waals surface area contributed by atoms with E-state index in [1.807, 2.05) is 24.4 Å². The van der Waals surface area contributed by atoms with E-state index >= 15 is 0 Å². The van der Waals surface area contributed by atoms with Crippen molar-refractivity contribution in [1.29, 1.82) is 5.26 Å². The van der Waals surface area contributed by atoms with E-state index in [2.05, 4.69) is 61.1 Å². The minimum atomic E-state index is 0.309. The first kappa shape index (κ1) is 20.6. The standard InChI is InChI=1S/C25H31N5/c1-5-30-15-22(21-10-9-16(2)17(3)18(4)24(21)30)23-11-12-27-25(29-23)28-20-8-6-7-19(13-20)14-26/h6-8,10-13,16-18,22,24H,5,9,15H2,1-4H3,(H,27,28,29). The molecule has 5 unspecified atom stereocenters. The lowest BCUT2D eigenvalue weighted by molar-refractivity contribution is 0.163. The van der Waals surface area contributed by atoms with Crippen LogP contribution in [0.2, 0.25) is 0 Å². The van der Waals surface area contributed by atoms with E-state index in [0.29, 0.717) is 41.2 Å². The second-order valence-corrected chi connectivity index (χ2v) is 8.84. The predicted molar refractivity (Wildman–Crippen MR) is 120 cm³/mol. The molecule has 2 aromatic rings. The second kappa shape index (κ2) is 8.57. The van der Waals surface area contributed by atoms with Crippen molar-refractivity contribution >= 4 is 11.6 Å². The normalized spacial score (nSPS) is 28.9. The minimum absolute atomic E-state index is 0.309. The Morgan fingerprint density at radius 1 is 1.20 bits per heavy atom. The van der Waals surface area contributed by atoms with Crippen molar-refractivity contribution in [3.05, 3.63) is 59.4 Å². The summed E-state index contributed by atoms with van der Waals surface area (Å²) >= 11 is 0. The molecule has 5 atom stereocenters. The molecule has 0 amide bonds. The van der Waals surface area contributed by atoms with Gasteiger partial charge < -0.3 is 5.32 Å². The average molecular weight is 402 g/mol. The number of nitrogens with one attached hydrogen (secondary N) is 1. The Morgan fingerprint density at radius 2 is 2.03 bits per heavy atom. The van der Waals surface area contributed by atoms with Crippen LogP contribution in [0.1, 0.15) is 51.3 Å². The lowest BCUT2D eigenvalue weighted by Crippen LogP contribution is -2.38. The van der Waals surface area contributed by atoms with Crippen LogP contribution < -0.4 is 5.32 Å². The Kier molecular flexibility index (Phi) is 5.87. The number of rotatable bonds is 4. The number of allylic oxidation sites excluding steroid dienone is 1. The van der Waals surface area contributed by atoms with E-state index in [4.69, 9.17) is 10.2 Å². The third kappa shape index (κ3) is 3.85. The molecular formula is C25H31N5. The first-order valence-electron chi connectivity index (χ1n) is 11.1. The van der Waals surface area contributed by atoms with Gasteiger partial charge in [-0.1, -0.05) is 39.8 Å². The van der Waals surface area contributed by atoms with Crippen LogP contribution in [-0.4, -0.2) is 34.0 Å². The second-order valence-electron chi connectivity index (χ2n) is 8.84. The van der Waals surface area contributed by atoms with Crippen LogP contribution in [0, 0.1) is 29.1 Å². The molecule has 1 N–H and O–H groups in total. The molecule has 1 saturated heterocycles. The van der Waals surface area contributed by atoms with E-state index < -0.39 is 0 Å². The third-order valence-corrected chi connectivity index (χ3v) is 7.19. The highest BCUT2D eigenvalue weighted by atomic mass is 15.2. The third-order valence-electron chi connectivity index (χ3n) is 7.19. The van der Waals surface area contributed by atoms with Crippen LogP contribution in [-0.2, 0) is 0 Å². The van der Waals surface area contributed by atoms with Gasteiger partial charge >= 0.3 is 0 Å². The van der Waals surface area contributed by atoms with Gasteiger partial charge in [0.1, 0.15) is 0 Å². The van der Waals surface area contributed by atoms with Crippen molar-refractivity contribution < 1.29 is 0 Å². The van der Waals surface area contributed by atoms with Crippen LogP contribution in [0.5, 0.6) is 0 Å². The summed E-state index contributed by atoms with van der Waals surface area (Å²) < 4.78 is 0. The largest absolute Gasteiger partial charge is 0.324 e. The Hall–Kier alpha value is -2.71. The van der Waals surface area contributed by atoms with Crippen molar-refractivity contribution in [2.24, 2.45) is 17.8 Å². The molecule has 2 heterocycles. The predicted octanol–water partition coefficient (Wildman–Crippen LogP) is 5.12. The average Bonchev–Trinajstić information content (AvgIpc) is 3.10. The van der Waals surface area contributed by atoms with Gasteiger partial charge in [-0.2, -0.15) is 5.26 Å². The molecule has 4 rings (SSSR count). The van der Waals surface area contributed by atoms with Gasteiger partial charge in [0.15, 0.2) is 0 Å². The maximum atomic E-state index is 9.14. The highest BCUT2D eigenvalue weighted by Crippen LogP contribution is 2.45. The molecule has 0 saturated carbocycles. The molecule has 1 aliphatic carbocycles. The fourth-order valence-electron chi connectivity index (χ4n) is 5.12. The van der Waals surface area contributed by atoms with Gasteiger partial charge in [0.2, 0.25) is 5.95 Å². The molecule has 0 bridgehead atoms. The zero-order valence-corrected chi connectivity index (χ0v) is 18.3. The summed E-state index contributed by atoms with van der Waals surface area (Å²) in [6.07, 6.45) is 5.48. The van der Waals surface area contributed by atoms with Crippen LogP contribution in [0.4, 0.5) is 11.6 Å². The van der Waals surface area contributed by atoms with Gasteiger partial charge in [0.25, 0.3) is 0 Å². The lowest BCUT2D eigenvalue weighted by atomic mass is 9.80. The molecule has 1 fully saturated rings. The molecule has 1 aromatic carbocycles. The van der Waals surface area contributed by atoms with Gasteiger partial charge in [-0.25, -0.2) is 9.97 Å². The first-order valence-corrected chi connectivity index (χ1v) is 11.1. The lowest BCUT2D eigenvalue weighted by Gasteiger charge is -2.33. The van der Waals surface area contributed by atoms with E-state index in [9.17, 15) is 0 Å². The van der Waals surface area contributed by atoms with E-state index in [1.54, 1.807) is 6.07 Å². The van der Waals surface area contributed by atoms with Crippen molar-refractivity contribution in [3.63, 3.8) is 0 Å². The van der Waals surface area contributed by atoms with E-state index in [0.717, 1.165) is 30.9 Å². The summed E-state index contributed by atoms with van der Waals surface area (Å²) in [6.45, 7) is 11.5. The molecule has 0 spiro atoms. The number of nitrogens with zero attached hydrogens (tertiary/aromatic N) is 4. The molecule has 5 nitrogen and oxygen atoms in total. The number of likely N-dealkylation sites (N-methyl/N-ethyl adjacent to an activating group) is 1. The number of hydrogen-bond donors (Lipinski definition) is 1. The van der Waals surface area contributed by atoms with E-state index in [-0.39, 0.29) is 0 Å². The van der Waals surface area contributed by atoms with Crippen LogP contribution >= 0.6 is 0 Å². The fourth-order valence-corrected chi connectivity index (χ4v) is 5.12. The number of benzene rings is 1. The maximum absolute atomic E-state index is 9.14. The van der Waals surface area contributed by atoms with Crippen molar-refractivity contribution in [2.45, 2.75) is 46.1 Å². The zero-order chi connectivity index (χ0) is 21.3. The van der Waals surface area contributed by atoms with Gasteiger partial charge in [-0.3, -0.25) is 4.90 Å². The zero-order valence-electron chi connectivity index (χ0n) is 18.3. The number of nitriles is 1. The Bertz CT molecular complexity index is 975. The van der Waals surface area contributed by atoms with Gasteiger partial charge in [-0.05, 0) is 60.6 Å². The Balaban J connectivity index is 1.64.